The molecule has 1 unspecified atom stereocenters. The van der Waals surface area contributed by atoms with E-state index >= 15 is 0 Å². The Labute approximate surface area is 221 Å². The molecular formula is C26H39Br2NO5. The van der Waals surface area contributed by atoms with Gasteiger partial charge in [0.25, 0.3) is 0 Å². The second-order valence-electron chi connectivity index (χ2n) is 11.3. The van der Waals surface area contributed by atoms with Crippen molar-refractivity contribution in [1.29, 1.82) is 0 Å². The average molecular weight is 605 g/mol. The van der Waals surface area contributed by atoms with Crippen LogP contribution in [0.2, 0.25) is 0 Å². The lowest BCUT2D eigenvalue weighted by Crippen LogP contribution is -2.62. The number of nitrogens with zero attached hydrogens (tertiary/aromatic N) is 1. The maximum Gasteiger partial charge on any atom is 0.322 e. The van der Waals surface area contributed by atoms with E-state index in [1.165, 1.54) is 0 Å². The predicted molar refractivity (Wildman–Crippen MR) is 141 cm³/mol. The Morgan fingerprint density at radius 2 is 1.44 bits per heavy atom. The quantitative estimate of drug-likeness (QED) is 0.249. The molecule has 0 aromatic heterocycles. The van der Waals surface area contributed by atoms with Gasteiger partial charge in [-0.1, -0.05) is 62.2 Å². The molecule has 1 aliphatic rings. The van der Waals surface area contributed by atoms with Crippen molar-refractivity contribution in [2.24, 2.45) is 0 Å². The summed E-state index contributed by atoms with van der Waals surface area (Å²) in [5.41, 5.74) is 0.291. The molecule has 1 fully saturated rings. The molecule has 1 saturated heterocycles. The Morgan fingerprint density at radius 1 is 0.941 bits per heavy atom. The molecule has 1 atom stereocenters. The molecule has 34 heavy (non-hydrogen) atoms. The van der Waals surface area contributed by atoms with Gasteiger partial charge in [0.2, 0.25) is 0 Å². The second-order valence-corrected chi connectivity index (χ2v) is 15.3. The molecule has 0 radical (unpaired) electrons. The van der Waals surface area contributed by atoms with Gasteiger partial charge in [0.05, 0.1) is 6.61 Å². The number of hydrogen-bond donors (Lipinski definition) is 0. The van der Waals surface area contributed by atoms with Gasteiger partial charge in [0.1, 0.15) is 21.4 Å². The zero-order valence-electron chi connectivity index (χ0n) is 21.6. The van der Waals surface area contributed by atoms with Gasteiger partial charge in [0, 0.05) is 29.8 Å². The molecule has 1 heterocycles. The molecular weight excluding hydrogens is 566 g/mol. The molecule has 6 nitrogen and oxygen atoms in total. The summed E-state index contributed by atoms with van der Waals surface area (Å²) in [5, 5.41) is 2.02. The summed E-state index contributed by atoms with van der Waals surface area (Å²) in [5.74, 6) is -0.707. The first-order valence-electron chi connectivity index (χ1n) is 11.7. The topological polar surface area (TPSA) is 65.1 Å². The zero-order chi connectivity index (χ0) is 25.9. The summed E-state index contributed by atoms with van der Waals surface area (Å²) >= 11 is 6.75. The summed E-state index contributed by atoms with van der Waals surface area (Å²) in [6.45, 7) is 16.1. The maximum atomic E-state index is 12.4. The summed E-state index contributed by atoms with van der Waals surface area (Å²) in [6.07, 6.45) is 1.09. The largest absolute Gasteiger partial charge is 0.464 e. The number of piperidine rings is 1. The van der Waals surface area contributed by atoms with Crippen LogP contribution in [0.1, 0.15) is 79.7 Å². The van der Waals surface area contributed by atoms with Crippen molar-refractivity contribution >= 4 is 43.8 Å². The fourth-order valence-corrected chi connectivity index (χ4v) is 4.58. The number of hydrogen-bond acceptors (Lipinski definition) is 6. The molecule has 0 saturated carbocycles. The van der Waals surface area contributed by atoms with E-state index in [1.807, 2.05) is 35.4 Å². The summed E-state index contributed by atoms with van der Waals surface area (Å²) in [6, 6.07) is 9.94. The van der Waals surface area contributed by atoms with Gasteiger partial charge in [0.15, 0.2) is 0 Å². The number of rotatable bonds is 9. The summed E-state index contributed by atoms with van der Waals surface area (Å²) < 4.78 is 9.98. The Balaban J connectivity index is 2.14. The van der Waals surface area contributed by atoms with Crippen molar-refractivity contribution in [2.45, 2.75) is 100.0 Å². The van der Waals surface area contributed by atoms with Gasteiger partial charge in [-0.3, -0.25) is 14.4 Å². The number of ether oxygens (including phenoxy) is 2. The lowest BCUT2D eigenvalue weighted by Gasteiger charge is -2.53. The van der Waals surface area contributed by atoms with E-state index in [0.29, 0.717) is 19.4 Å². The van der Waals surface area contributed by atoms with E-state index in [2.05, 4.69) is 59.6 Å². The Hall–Kier alpha value is -0.960. The number of benzene rings is 1. The van der Waals surface area contributed by atoms with Gasteiger partial charge in [-0.25, -0.2) is 0 Å². The Kier molecular flexibility index (Phi) is 9.45. The third-order valence-electron chi connectivity index (χ3n) is 5.89. The van der Waals surface area contributed by atoms with Gasteiger partial charge in [-0.05, 0) is 61.0 Å². The highest BCUT2D eigenvalue weighted by Gasteiger charge is 2.48. The first-order valence-corrected chi connectivity index (χ1v) is 13.3. The van der Waals surface area contributed by atoms with E-state index in [1.54, 1.807) is 27.7 Å². The second kappa shape index (κ2) is 11.0. The van der Waals surface area contributed by atoms with Crippen LogP contribution in [0, 0.1) is 0 Å². The molecule has 2 rings (SSSR count). The summed E-state index contributed by atoms with van der Waals surface area (Å²) in [4.78, 5) is 31.2. The van der Waals surface area contributed by atoms with Crippen LogP contribution in [0.25, 0.3) is 0 Å². The van der Waals surface area contributed by atoms with Crippen LogP contribution in [0.4, 0.5) is 0 Å². The minimum absolute atomic E-state index is 0.128. The van der Waals surface area contributed by atoms with E-state index < -0.39 is 8.65 Å². The minimum atomic E-state index is -0.748. The highest BCUT2D eigenvalue weighted by atomic mass is 79.9. The van der Waals surface area contributed by atoms with E-state index in [-0.39, 0.29) is 41.6 Å². The van der Waals surface area contributed by atoms with Gasteiger partial charge < -0.3 is 9.47 Å². The number of carbonyl (C=O) groups excluding carboxylic acids is 2. The lowest BCUT2D eigenvalue weighted by atomic mass is 9.80. The van der Waals surface area contributed by atoms with Gasteiger partial charge in [-0.2, -0.15) is 5.06 Å². The van der Waals surface area contributed by atoms with Crippen molar-refractivity contribution in [3.05, 3.63) is 35.9 Å². The number of alkyl halides is 2. The molecule has 1 aromatic rings. The van der Waals surface area contributed by atoms with Crippen LogP contribution in [-0.2, 0) is 23.9 Å². The first-order chi connectivity index (χ1) is 15.4. The molecule has 8 heteroatoms. The normalized spacial score (nSPS) is 19.9. The first kappa shape index (κ1) is 29.3. The molecule has 192 valence electrons. The molecule has 0 amide bonds. The third-order valence-corrected chi connectivity index (χ3v) is 6.54. The van der Waals surface area contributed by atoms with Gasteiger partial charge >= 0.3 is 11.9 Å². The molecule has 1 aromatic carbocycles. The van der Waals surface area contributed by atoms with E-state index in [9.17, 15) is 9.59 Å². The number of halogens is 2. The van der Waals surface area contributed by atoms with Crippen molar-refractivity contribution in [3.8, 4) is 0 Å². The van der Waals surface area contributed by atoms with Crippen LogP contribution in [0.3, 0.4) is 0 Å². The lowest BCUT2D eigenvalue weighted by molar-refractivity contribution is -0.296. The van der Waals surface area contributed by atoms with Crippen LogP contribution in [0.15, 0.2) is 30.3 Å². The summed E-state index contributed by atoms with van der Waals surface area (Å²) in [7, 11) is 0. The molecule has 0 spiro atoms. The fraction of sp³-hybridized carbons (Fsp3) is 0.692. The van der Waals surface area contributed by atoms with Crippen LogP contribution < -0.4 is 0 Å². The highest BCUT2D eigenvalue weighted by Crippen LogP contribution is 2.41. The number of esters is 2. The Morgan fingerprint density at radius 3 is 1.91 bits per heavy atom. The van der Waals surface area contributed by atoms with Crippen molar-refractivity contribution in [3.63, 3.8) is 0 Å². The molecule has 0 bridgehead atoms. The monoisotopic (exact) mass is 603 g/mol. The fourth-order valence-electron chi connectivity index (χ4n) is 4.37. The number of carbonyl (C=O) groups is 2. The minimum Gasteiger partial charge on any atom is -0.464 e. The van der Waals surface area contributed by atoms with Gasteiger partial charge in [-0.15, -0.1) is 0 Å². The standard InChI is InChI=1S/C26H39Br2NO5/c1-23(2)14-20(34-22(31)26(7,8)28)15-24(3,4)29(23)33-17-19(18-12-10-9-11-13-18)16-32-21(30)25(5,6)27/h9-13,19-20H,14-17H2,1-8H3. The van der Waals surface area contributed by atoms with E-state index in [0.717, 1.165) is 5.56 Å². The van der Waals surface area contributed by atoms with Crippen molar-refractivity contribution in [1.82, 2.24) is 5.06 Å². The van der Waals surface area contributed by atoms with Crippen molar-refractivity contribution < 1.29 is 23.9 Å². The third kappa shape index (κ3) is 8.04. The Bertz CT molecular complexity index is 825. The SMILES string of the molecule is CC(C)(Br)C(=O)OCC(CON1C(C)(C)CC(OC(=O)C(C)(C)Br)CC1(C)C)c1ccccc1. The maximum absolute atomic E-state index is 12.4. The van der Waals surface area contributed by atoms with E-state index in [4.69, 9.17) is 14.3 Å². The van der Waals surface area contributed by atoms with Crippen LogP contribution in [-0.4, -0.2) is 56.0 Å². The van der Waals surface area contributed by atoms with Crippen LogP contribution in [0.5, 0.6) is 0 Å². The molecule has 1 aliphatic heterocycles. The van der Waals surface area contributed by atoms with Crippen molar-refractivity contribution in [2.75, 3.05) is 13.2 Å². The molecule has 0 N–H and O–H groups in total. The highest BCUT2D eigenvalue weighted by molar-refractivity contribution is 9.10. The predicted octanol–water partition coefficient (Wildman–Crippen LogP) is 6.16. The number of hydroxylamine groups is 2. The zero-order valence-corrected chi connectivity index (χ0v) is 24.8. The van der Waals surface area contributed by atoms with Crippen LogP contribution >= 0.6 is 31.9 Å². The molecule has 0 aliphatic carbocycles. The smallest absolute Gasteiger partial charge is 0.322 e. The average Bonchev–Trinajstić information content (AvgIpc) is 2.67.